The number of nitrogens with zero attached hydrogens (tertiary/aromatic N) is 8. The summed E-state index contributed by atoms with van der Waals surface area (Å²) in [5.74, 6) is -3.05. The number of nitrogen functional groups attached to an aromatic ring is 2. The molecule has 76 heavy (non-hydrogen) atoms. The average molecular weight is 1120 g/mol. The van der Waals surface area contributed by atoms with Crippen LogP contribution in [0.3, 0.4) is 0 Å². The topological polar surface area (TPSA) is 403 Å². The number of aromatic hydroxyl groups is 2. The predicted octanol–water partition coefficient (Wildman–Crippen LogP) is -2.70. The fourth-order valence-electron chi connectivity index (χ4n) is 7.12. The first-order valence-electron chi connectivity index (χ1n) is 20.3. The second-order valence-corrected chi connectivity index (χ2v) is 19.4. The van der Waals surface area contributed by atoms with E-state index in [-0.39, 0.29) is 169 Å². The van der Waals surface area contributed by atoms with Crippen molar-refractivity contribution >= 4 is 115 Å². The summed E-state index contributed by atoms with van der Waals surface area (Å²) in [7, 11) is -15.9. The number of azo groups is 4. The molecule has 0 spiro atoms. The van der Waals surface area contributed by atoms with Gasteiger partial charge in [0.2, 0.25) is 0 Å². The Morgan fingerprint density at radius 1 is 0.474 bits per heavy atom. The van der Waals surface area contributed by atoms with Crippen LogP contribution in [0.5, 0.6) is 11.5 Å². The van der Waals surface area contributed by atoms with Crippen molar-refractivity contribution < 1.29 is 177 Å². The van der Waals surface area contributed by atoms with E-state index in [1.165, 1.54) is 42.5 Å². The van der Waals surface area contributed by atoms with Gasteiger partial charge in [-0.2, -0.15) is 15.3 Å². The zero-order chi connectivity index (χ0) is 51.9. The third-order valence-corrected chi connectivity index (χ3v) is 13.3. The Hall–Kier alpha value is -4.92. The van der Waals surface area contributed by atoms with Crippen LogP contribution in [0.25, 0.3) is 32.7 Å². The number of phenolic OH excluding ortho intramolecular Hbond substituents is 1. The van der Waals surface area contributed by atoms with E-state index in [1.54, 1.807) is 55.5 Å². The molecule has 30 heteroatoms. The molecule has 364 valence electrons. The molecule has 8 rings (SSSR count). The van der Waals surface area contributed by atoms with Crippen molar-refractivity contribution in [2.45, 2.75) is 21.6 Å². The molecule has 0 fully saturated rings. The number of anilines is 2. The third-order valence-electron chi connectivity index (χ3n) is 10.7. The number of carboxylic acids is 1. The molecule has 23 nitrogen and oxygen atoms in total. The Balaban J connectivity index is 0.00000312. The van der Waals surface area contributed by atoms with Crippen LogP contribution >= 0.6 is 0 Å². The molecule has 0 aromatic heterocycles. The molecule has 0 atom stereocenters. The number of nitrogens with two attached hydrogens (primary N) is 2. The monoisotopic (exact) mass is 1120 g/mol. The number of carbonyl (C=O) groups excluding carboxylic acids is 1. The van der Waals surface area contributed by atoms with E-state index < -0.39 is 84.8 Å². The molecule has 6 N–H and O–H groups in total. The minimum Gasteiger partial charge on any atom is -0.744 e. The standard InChI is InChI=1S/C46H34N10O13S3.4Na/c1-23-18-36(42(48)44(41(23)47)56-50-28-12-8-25(9-13-28)24-6-10-27(11-7-24)49-51-29-14-16-37(57)33(21-29)46(59)60)54-53-35-22-32-26(19-39(35)71(64,65)66)20-40(72(67,68)69)43(45(32)58)55-52-34-15-17-38(70(61,62)63)31-5-3-2-4-30(31)34;;;;/h2-22,57-58H,47-48H2,1H3,(H,59,60)(H,61,62,63)(H,64,65,66)(H,67,68,69);;;;/q;4*+1/p-4. The van der Waals surface area contributed by atoms with E-state index in [0.29, 0.717) is 29.1 Å². The van der Waals surface area contributed by atoms with Gasteiger partial charge in [0.25, 0.3) is 0 Å². The van der Waals surface area contributed by atoms with E-state index in [1.807, 2.05) is 0 Å². The molecule has 0 bridgehead atoms. The number of fused-ring (bicyclic) bond motifs is 2. The summed E-state index contributed by atoms with van der Waals surface area (Å²) in [6.45, 7) is 1.58. The molecule has 0 aliphatic rings. The molecule has 0 aliphatic heterocycles. The largest absolute Gasteiger partial charge is 1.00 e. The second kappa shape index (κ2) is 25.7. The molecule has 8 aromatic carbocycles. The van der Waals surface area contributed by atoms with Gasteiger partial charge < -0.3 is 45.2 Å². The summed E-state index contributed by atoms with van der Waals surface area (Å²) in [5.41, 5.74) is 13.3. The predicted molar refractivity (Wildman–Crippen MR) is 254 cm³/mol. The van der Waals surface area contributed by atoms with Gasteiger partial charge in [0, 0.05) is 21.7 Å². The van der Waals surface area contributed by atoms with Crippen molar-refractivity contribution in [3.63, 3.8) is 0 Å². The molecular weight excluding hydrogens is 1090 g/mol. The molecule has 8 aromatic rings. The van der Waals surface area contributed by atoms with E-state index in [2.05, 4.69) is 40.9 Å². The Morgan fingerprint density at radius 3 is 1.53 bits per heavy atom. The van der Waals surface area contributed by atoms with Crippen LogP contribution in [0.4, 0.5) is 56.9 Å². The molecule has 0 saturated heterocycles. The summed E-state index contributed by atoms with van der Waals surface area (Å²) in [6, 6.07) is 28.7. The van der Waals surface area contributed by atoms with E-state index in [9.17, 15) is 59.0 Å². The number of aromatic carboxylic acids is 1. The van der Waals surface area contributed by atoms with Crippen LogP contribution in [-0.2, 0) is 30.4 Å². The second-order valence-electron chi connectivity index (χ2n) is 15.4. The van der Waals surface area contributed by atoms with Gasteiger partial charge in [0.15, 0.2) is 5.75 Å². The van der Waals surface area contributed by atoms with Crippen molar-refractivity contribution in [1.29, 1.82) is 0 Å². The van der Waals surface area contributed by atoms with E-state index in [0.717, 1.165) is 35.4 Å². The summed E-state index contributed by atoms with van der Waals surface area (Å²) in [6.07, 6.45) is 0. The number of benzene rings is 8. The maximum atomic E-state index is 12.6. The maximum absolute atomic E-state index is 12.6. The van der Waals surface area contributed by atoms with Crippen molar-refractivity contribution in [3.05, 3.63) is 139 Å². The van der Waals surface area contributed by atoms with Gasteiger partial charge in [-0.3, -0.25) is 0 Å². The summed E-state index contributed by atoms with van der Waals surface area (Å²) < 4.78 is 111. The third kappa shape index (κ3) is 14.2. The van der Waals surface area contributed by atoms with Crippen LogP contribution in [0.2, 0.25) is 0 Å². The van der Waals surface area contributed by atoms with Gasteiger partial charge in [-0.1, -0.05) is 48.5 Å². The molecule has 0 radical (unpaired) electrons. The van der Waals surface area contributed by atoms with Crippen LogP contribution in [0.1, 0.15) is 15.9 Å². The number of carbonyl (C=O) groups is 1. The molecule has 0 heterocycles. The van der Waals surface area contributed by atoms with E-state index >= 15 is 0 Å². The summed E-state index contributed by atoms with van der Waals surface area (Å²) >= 11 is 0. The fraction of sp³-hybridized carbons (Fsp3) is 0.0217. The van der Waals surface area contributed by atoms with Gasteiger partial charge in [-0.05, 0) is 108 Å². The fourth-order valence-corrected chi connectivity index (χ4v) is 9.07. The number of aryl methyl sites for hydroxylation is 1. The van der Waals surface area contributed by atoms with Crippen molar-refractivity contribution in [1.82, 2.24) is 0 Å². The zero-order valence-electron chi connectivity index (χ0n) is 40.5. The van der Waals surface area contributed by atoms with E-state index in [4.69, 9.17) is 11.5 Å². The number of hydrogen-bond donors (Lipinski definition) is 4. The number of phenols is 2. The molecule has 0 saturated carbocycles. The number of hydrogen-bond acceptors (Lipinski definition) is 23. The Kier molecular flexibility index (Phi) is 21.5. The Morgan fingerprint density at radius 2 is 0.961 bits per heavy atom. The first kappa shape index (κ1) is 63.6. The van der Waals surface area contributed by atoms with Crippen LogP contribution < -0.4 is 135 Å². The summed E-state index contributed by atoms with van der Waals surface area (Å²) in [4.78, 5) is 8.39. The first-order valence-corrected chi connectivity index (χ1v) is 24.5. The molecular formula is C46H30N10Na4O13S3. The van der Waals surface area contributed by atoms with Crippen LogP contribution in [0.15, 0.2) is 183 Å². The zero-order valence-corrected chi connectivity index (χ0v) is 50.9. The van der Waals surface area contributed by atoms with Gasteiger partial charge in [-0.15, -0.1) is 25.6 Å². The number of rotatable bonds is 13. The number of carboxylic acid groups (broad SMARTS) is 1. The quantitative estimate of drug-likeness (QED) is 0.0395. The SMILES string of the molecule is Cc1cc(N=Nc2cc3c(O)c(N=Nc4ccc(S(=O)(=O)[O-])c5ccccc45)c(S(=O)(=O)[O-])cc3cc2S(=O)(=O)[O-])c(N)c(N=Nc2ccc(-c3ccc(N=Nc4ccc(O)c(C(=O)[O-])c4)cc3)cc2)c1N.[Na+].[Na+].[Na+].[Na+]. The Labute approximate surface area is 520 Å². The summed E-state index contributed by atoms with van der Waals surface area (Å²) in [5, 5.41) is 63.9. The van der Waals surface area contributed by atoms with Crippen molar-refractivity contribution in [3.8, 4) is 22.6 Å². The molecule has 0 unspecified atom stereocenters. The maximum Gasteiger partial charge on any atom is 1.00 e. The normalized spacial score (nSPS) is 11.9. The van der Waals surface area contributed by atoms with Crippen LogP contribution in [-0.4, -0.2) is 55.1 Å². The average Bonchev–Trinajstić information content (AvgIpc) is 3.33. The Bertz CT molecular complexity index is 4060. The van der Waals surface area contributed by atoms with Gasteiger partial charge in [-0.25, -0.2) is 25.3 Å². The van der Waals surface area contributed by atoms with Gasteiger partial charge in [0.05, 0.1) is 54.8 Å². The van der Waals surface area contributed by atoms with Crippen molar-refractivity contribution in [2.24, 2.45) is 40.9 Å². The first-order chi connectivity index (χ1) is 34.0. The van der Waals surface area contributed by atoms with Crippen LogP contribution in [0, 0.1) is 6.92 Å². The van der Waals surface area contributed by atoms with Gasteiger partial charge in [0.1, 0.15) is 58.9 Å². The minimum absolute atomic E-state index is 0. The van der Waals surface area contributed by atoms with Gasteiger partial charge >= 0.3 is 118 Å². The smallest absolute Gasteiger partial charge is 0.744 e. The van der Waals surface area contributed by atoms with Crippen molar-refractivity contribution in [2.75, 3.05) is 11.5 Å². The molecule has 0 aliphatic carbocycles. The minimum atomic E-state index is -5.51. The molecule has 0 amide bonds.